The molecule has 0 radical (unpaired) electrons. The molecule has 0 heterocycles. The lowest BCUT2D eigenvalue weighted by Crippen LogP contribution is -2.28. The van der Waals surface area contributed by atoms with Gasteiger partial charge in [-0.2, -0.15) is 0 Å². The molecule has 148 valence electrons. The molecule has 0 bridgehead atoms. The van der Waals surface area contributed by atoms with Crippen LogP contribution in [0.15, 0.2) is 72.8 Å². The number of nitrogens with one attached hydrogen (secondary N) is 2. The molecule has 29 heavy (non-hydrogen) atoms. The van der Waals surface area contributed by atoms with Gasteiger partial charge < -0.3 is 10.6 Å². The van der Waals surface area contributed by atoms with Crippen LogP contribution in [0.25, 0.3) is 0 Å². The molecule has 0 saturated carbocycles. The van der Waals surface area contributed by atoms with Gasteiger partial charge in [0.05, 0.1) is 23.7 Å². The molecular weight excluding hydrogens is 407 g/mol. The van der Waals surface area contributed by atoms with Gasteiger partial charge in [0.15, 0.2) is 0 Å². The molecule has 0 aliphatic rings. The number of halogens is 2. The zero-order valence-electron chi connectivity index (χ0n) is 15.8. The first-order chi connectivity index (χ1) is 14.0. The number of hydrogen-bond donors (Lipinski definition) is 2. The van der Waals surface area contributed by atoms with Gasteiger partial charge >= 0.3 is 0 Å². The van der Waals surface area contributed by atoms with Gasteiger partial charge in [-0.1, -0.05) is 71.7 Å². The number of carbonyl (C=O) groups excluding carboxylic acids is 2. The molecule has 0 aliphatic heterocycles. The summed E-state index contributed by atoms with van der Waals surface area (Å²) in [6, 6.07) is 21.5. The Morgan fingerprint density at radius 2 is 1.48 bits per heavy atom. The van der Waals surface area contributed by atoms with Crippen LogP contribution in [0.5, 0.6) is 0 Å². The highest BCUT2D eigenvalue weighted by Gasteiger charge is 2.17. The largest absolute Gasteiger partial charge is 0.345 e. The Morgan fingerprint density at radius 1 is 0.862 bits per heavy atom. The summed E-state index contributed by atoms with van der Waals surface area (Å²) < 4.78 is 0. The molecule has 0 aromatic heterocycles. The Hall–Kier alpha value is -2.82. The van der Waals surface area contributed by atoms with Crippen molar-refractivity contribution in [2.45, 2.75) is 19.4 Å². The maximum absolute atomic E-state index is 12.8. The van der Waals surface area contributed by atoms with E-state index < -0.39 is 0 Å². The quantitative estimate of drug-likeness (QED) is 0.533. The number of carbonyl (C=O) groups is 2. The summed E-state index contributed by atoms with van der Waals surface area (Å²) in [5.41, 5.74) is 2.36. The maximum atomic E-state index is 12.8. The van der Waals surface area contributed by atoms with Crippen LogP contribution in [0.2, 0.25) is 10.0 Å². The van der Waals surface area contributed by atoms with E-state index in [0.717, 1.165) is 5.56 Å². The van der Waals surface area contributed by atoms with Crippen LogP contribution in [0, 0.1) is 0 Å². The summed E-state index contributed by atoms with van der Waals surface area (Å²) >= 11 is 12.3. The predicted octanol–water partition coefficient (Wildman–Crippen LogP) is 5.67. The summed E-state index contributed by atoms with van der Waals surface area (Å²) in [7, 11) is 0. The highest BCUT2D eigenvalue weighted by atomic mass is 35.5. The molecule has 2 N–H and O–H groups in total. The number of hydrogen-bond acceptors (Lipinski definition) is 2. The lowest BCUT2D eigenvalue weighted by molar-refractivity contribution is -0.115. The maximum Gasteiger partial charge on any atom is 0.253 e. The van der Waals surface area contributed by atoms with E-state index in [4.69, 9.17) is 23.2 Å². The topological polar surface area (TPSA) is 58.2 Å². The number of amides is 2. The molecule has 2 amide bonds. The first-order valence-electron chi connectivity index (χ1n) is 9.13. The second kappa shape index (κ2) is 9.59. The van der Waals surface area contributed by atoms with Crippen LogP contribution in [0.3, 0.4) is 0 Å². The van der Waals surface area contributed by atoms with Crippen LogP contribution in [0.1, 0.15) is 34.5 Å². The van der Waals surface area contributed by atoms with Crippen LogP contribution in [-0.2, 0) is 11.2 Å². The van der Waals surface area contributed by atoms with Crippen molar-refractivity contribution in [1.82, 2.24) is 5.32 Å². The summed E-state index contributed by atoms with van der Waals surface area (Å²) in [5.74, 6) is -0.579. The fourth-order valence-electron chi connectivity index (χ4n) is 2.95. The third-order valence-electron chi connectivity index (χ3n) is 4.49. The lowest BCUT2D eigenvalue weighted by atomic mass is 10.1. The van der Waals surface area contributed by atoms with Gasteiger partial charge in [0.1, 0.15) is 0 Å². The van der Waals surface area contributed by atoms with Gasteiger partial charge in [0, 0.05) is 10.0 Å². The molecule has 3 rings (SSSR count). The third-order valence-corrected chi connectivity index (χ3v) is 5.20. The first kappa shape index (κ1) is 20.9. The van der Waals surface area contributed by atoms with Crippen molar-refractivity contribution >= 4 is 40.7 Å². The van der Waals surface area contributed by atoms with Gasteiger partial charge in [-0.25, -0.2) is 0 Å². The van der Waals surface area contributed by atoms with Crippen molar-refractivity contribution in [3.05, 3.63) is 99.5 Å². The molecule has 3 aromatic rings. The standard InChI is InChI=1S/C23H20Cl2N2O2/c1-15(16-8-3-2-4-9-16)26-23(29)17-10-5-6-13-21(17)27-22(28)14-18-19(24)11-7-12-20(18)25/h2-13,15H,14H2,1H3,(H,26,29)(H,27,28)/t15-/m1/s1. The summed E-state index contributed by atoms with van der Waals surface area (Å²) in [4.78, 5) is 25.3. The molecule has 0 spiro atoms. The Bertz CT molecular complexity index is 1000. The van der Waals surface area contributed by atoms with Crippen molar-refractivity contribution < 1.29 is 9.59 Å². The monoisotopic (exact) mass is 426 g/mol. The van der Waals surface area contributed by atoms with Crippen molar-refractivity contribution in [3.63, 3.8) is 0 Å². The number of anilines is 1. The molecular formula is C23H20Cl2N2O2. The van der Waals surface area contributed by atoms with Gasteiger partial charge in [-0.15, -0.1) is 0 Å². The summed E-state index contributed by atoms with van der Waals surface area (Å²) in [6.07, 6.45) is 0.00881. The van der Waals surface area contributed by atoms with Gasteiger partial charge in [-0.3, -0.25) is 9.59 Å². The van der Waals surface area contributed by atoms with E-state index in [9.17, 15) is 9.59 Å². The highest BCUT2D eigenvalue weighted by Crippen LogP contribution is 2.25. The van der Waals surface area contributed by atoms with E-state index in [1.54, 1.807) is 42.5 Å². The number of benzene rings is 3. The molecule has 0 unspecified atom stereocenters. The molecule has 0 saturated heterocycles. The van der Waals surface area contributed by atoms with E-state index in [1.807, 2.05) is 37.3 Å². The van der Waals surface area contributed by atoms with Crippen LogP contribution in [0.4, 0.5) is 5.69 Å². The smallest absolute Gasteiger partial charge is 0.253 e. The number of para-hydroxylation sites is 1. The second-order valence-electron chi connectivity index (χ2n) is 6.58. The number of rotatable bonds is 6. The minimum Gasteiger partial charge on any atom is -0.345 e. The molecule has 4 nitrogen and oxygen atoms in total. The third kappa shape index (κ3) is 5.37. The van der Waals surface area contributed by atoms with E-state index in [2.05, 4.69) is 10.6 Å². The Labute approximate surface area is 179 Å². The van der Waals surface area contributed by atoms with Gasteiger partial charge in [0.25, 0.3) is 5.91 Å². The average Bonchev–Trinajstić information content (AvgIpc) is 2.72. The Balaban J connectivity index is 1.73. The summed E-state index contributed by atoms with van der Waals surface area (Å²) in [5, 5.41) is 6.60. The zero-order chi connectivity index (χ0) is 20.8. The molecule has 1 atom stereocenters. The fraction of sp³-hybridized carbons (Fsp3) is 0.130. The molecule has 0 aliphatic carbocycles. The molecule has 3 aromatic carbocycles. The normalized spacial score (nSPS) is 11.6. The van der Waals surface area contributed by atoms with Crippen molar-refractivity contribution in [1.29, 1.82) is 0 Å². The lowest BCUT2D eigenvalue weighted by Gasteiger charge is -2.16. The van der Waals surface area contributed by atoms with E-state index in [0.29, 0.717) is 26.9 Å². The van der Waals surface area contributed by atoms with E-state index in [1.165, 1.54) is 0 Å². The Morgan fingerprint density at radius 3 is 2.17 bits per heavy atom. The van der Waals surface area contributed by atoms with Crippen molar-refractivity contribution in [2.75, 3.05) is 5.32 Å². The van der Waals surface area contributed by atoms with E-state index in [-0.39, 0.29) is 24.3 Å². The minimum atomic E-state index is -0.309. The van der Waals surface area contributed by atoms with Crippen LogP contribution < -0.4 is 10.6 Å². The predicted molar refractivity (Wildman–Crippen MR) is 118 cm³/mol. The zero-order valence-corrected chi connectivity index (χ0v) is 17.3. The molecule has 6 heteroatoms. The van der Waals surface area contributed by atoms with Crippen molar-refractivity contribution in [2.24, 2.45) is 0 Å². The van der Waals surface area contributed by atoms with Gasteiger partial charge in [0.2, 0.25) is 5.91 Å². The average molecular weight is 427 g/mol. The molecule has 0 fully saturated rings. The highest BCUT2D eigenvalue weighted by molar-refractivity contribution is 6.36. The first-order valence-corrected chi connectivity index (χ1v) is 9.89. The fourth-order valence-corrected chi connectivity index (χ4v) is 3.48. The van der Waals surface area contributed by atoms with Crippen molar-refractivity contribution in [3.8, 4) is 0 Å². The van der Waals surface area contributed by atoms with Crippen LogP contribution in [-0.4, -0.2) is 11.8 Å². The van der Waals surface area contributed by atoms with E-state index >= 15 is 0 Å². The SMILES string of the molecule is C[C@@H](NC(=O)c1ccccc1NC(=O)Cc1c(Cl)cccc1Cl)c1ccccc1. The minimum absolute atomic E-state index is 0.00881. The Kier molecular flexibility index (Phi) is 6.91. The summed E-state index contributed by atoms with van der Waals surface area (Å²) in [6.45, 7) is 1.91. The van der Waals surface area contributed by atoms with Gasteiger partial charge in [-0.05, 0) is 42.3 Å². The second-order valence-corrected chi connectivity index (χ2v) is 7.39. The van der Waals surface area contributed by atoms with Crippen LogP contribution >= 0.6 is 23.2 Å².